The van der Waals surface area contributed by atoms with Crippen LogP contribution in [-0.4, -0.2) is 17.7 Å². The second kappa shape index (κ2) is 11.3. The third-order valence-corrected chi connectivity index (χ3v) is 0.515. The maximum atomic E-state index is 9.38. The molecule has 0 atom stereocenters. The van der Waals surface area contributed by atoms with Gasteiger partial charge in [-0.2, -0.15) is 5.26 Å². The van der Waals surface area contributed by atoms with Gasteiger partial charge in [0.15, 0.2) is 0 Å². The number of carboxylic acid groups (broad SMARTS) is 1. The van der Waals surface area contributed by atoms with Crippen LogP contribution in [0, 0.1) is 11.3 Å². The second-order valence-corrected chi connectivity index (χ2v) is 1.35. The highest BCUT2D eigenvalue weighted by atomic mass is 16.5. The average molecular weight is 157 g/mol. The summed E-state index contributed by atoms with van der Waals surface area (Å²) in [4.78, 5) is 9.38. The lowest BCUT2D eigenvalue weighted by Crippen LogP contribution is -1.88. The van der Waals surface area contributed by atoms with Crippen molar-refractivity contribution in [1.82, 2.24) is 0 Å². The Hall–Kier alpha value is -1.50. The van der Waals surface area contributed by atoms with Crippen LogP contribution in [0.3, 0.4) is 0 Å². The molecule has 0 bridgehead atoms. The predicted molar refractivity (Wildman–Crippen MR) is 39.7 cm³/mol. The van der Waals surface area contributed by atoms with Crippen molar-refractivity contribution in [2.45, 2.75) is 13.3 Å². The lowest BCUT2D eigenvalue weighted by atomic mass is 10.5. The summed E-state index contributed by atoms with van der Waals surface area (Å²) in [7, 11) is 0. The molecule has 0 spiro atoms. The fourth-order valence-corrected chi connectivity index (χ4v) is 0.185. The number of aliphatic carboxylic acids is 1. The number of ether oxygens (including phenoxy) is 1. The van der Waals surface area contributed by atoms with E-state index in [1.54, 1.807) is 0 Å². The molecule has 0 aromatic carbocycles. The molecule has 4 nitrogen and oxygen atoms in total. The molecule has 0 unspecified atom stereocenters. The topological polar surface area (TPSA) is 70.3 Å². The van der Waals surface area contributed by atoms with E-state index in [1.807, 2.05) is 6.92 Å². The third kappa shape index (κ3) is 29.3. The standard InChI is InChI=1S/C4H8O.C3H3NO2/c1-3-5-4-2;4-2-1-3(5)6/h3H,1,4H2,2H3;1H2,(H,5,6). The molecule has 1 N–H and O–H groups in total. The molecule has 0 aromatic heterocycles. The molecule has 0 aliphatic carbocycles. The Kier molecular flexibility index (Phi) is 12.6. The summed E-state index contributed by atoms with van der Waals surface area (Å²) in [6, 6.07) is 1.47. The Labute approximate surface area is 65.7 Å². The molecule has 4 heteroatoms. The number of carboxylic acids is 1. The quantitative estimate of drug-likeness (QED) is 0.624. The molecule has 0 saturated heterocycles. The molecule has 0 heterocycles. The van der Waals surface area contributed by atoms with E-state index in [9.17, 15) is 4.79 Å². The van der Waals surface area contributed by atoms with Crippen LogP contribution in [0.1, 0.15) is 13.3 Å². The van der Waals surface area contributed by atoms with Crippen molar-refractivity contribution in [3.63, 3.8) is 0 Å². The van der Waals surface area contributed by atoms with E-state index in [0.717, 1.165) is 6.61 Å². The first-order valence-electron chi connectivity index (χ1n) is 3.00. The zero-order valence-corrected chi connectivity index (χ0v) is 6.41. The lowest BCUT2D eigenvalue weighted by molar-refractivity contribution is -0.135. The Balaban J connectivity index is 0. The van der Waals surface area contributed by atoms with Crippen LogP contribution in [0.4, 0.5) is 0 Å². The molecule has 62 valence electrons. The van der Waals surface area contributed by atoms with Crippen LogP contribution < -0.4 is 0 Å². The molecule has 0 rings (SSSR count). The first-order chi connectivity index (χ1) is 5.18. The molecule has 0 aliphatic rings. The zero-order valence-electron chi connectivity index (χ0n) is 6.41. The van der Waals surface area contributed by atoms with Gasteiger partial charge in [-0.15, -0.1) is 0 Å². The Bertz CT molecular complexity index is 148. The van der Waals surface area contributed by atoms with Gasteiger partial charge in [-0.1, -0.05) is 6.58 Å². The summed E-state index contributed by atoms with van der Waals surface area (Å²) in [5.74, 6) is -1.07. The van der Waals surface area contributed by atoms with Crippen molar-refractivity contribution in [3.05, 3.63) is 12.8 Å². The molecule has 11 heavy (non-hydrogen) atoms. The van der Waals surface area contributed by atoms with E-state index in [4.69, 9.17) is 10.4 Å². The van der Waals surface area contributed by atoms with Crippen molar-refractivity contribution in [3.8, 4) is 6.07 Å². The monoisotopic (exact) mass is 157 g/mol. The number of rotatable bonds is 3. The van der Waals surface area contributed by atoms with Gasteiger partial charge < -0.3 is 9.84 Å². The van der Waals surface area contributed by atoms with Gasteiger partial charge in [-0.25, -0.2) is 0 Å². The van der Waals surface area contributed by atoms with Crippen LogP contribution in [0.15, 0.2) is 12.8 Å². The third-order valence-electron chi connectivity index (χ3n) is 0.515. The number of hydrogen-bond acceptors (Lipinski definition) is 3. The van der Waals surface area contributed by atoms with Crippen LogP contribution in [0.2, 0.25) is 0 Å². The van der Waals surface area contributed by atoms with Gasteiger partial charge in [0, 0.05) is 0 Å². The maximum Gasteiger partial charge on any atom is 0.317 e. The normalized spacial score (nSPS) is 6.55. The predicted octanol–water partition coefficient (Wildman–Crippen LogP) is 1.15. The SMILES string of the molecule is C=COCC.N#CCC(=O)O. The van der Waals surface area contributed by atoms with E-state index in [1.165, 1.54) is 12.3 Å². The smallest absolute Gasteiger partial charge is 0.317 e. The van der Waals surface area contributed by atoms with Gasteiger partial charge in [0.05, 0.1) is 18.9 Å². The molecule has 0 aromatic rings. The van der Waals surface area contributed by atoms with E-state index in [-0.39, 0.29) is 0 Å². The van der Waals surface area contributed by atoms with Gasteiger partial charge in [-0.05, 0) is 6.92 Å². The Morgan fingerprint density at radius 1 is 1.91 bits per heavy atom. The van der Waals surface area contributed by atoms with E-state index in [2.05, 4.69) is 11.3 Å². The summed E-state index contributed by atoms with van der Waals surface area (Å²) >= 11 is 0. The number of hydrogen-bond donors (Lipinski definition) is 1. The first-order valence-corrected chi connectivity index (χ1v) is 3.00. The van der Waals surface area contributed by atoms with Crippen LogP contribution in [-0.2, 0) is 9.53 Å². The molecule has 0 aliphatic heterocycles. The summed E-state index contributed by atoms with van der Waals surface area (Å²) in [6.07, 6.45) is 1.03. The number of nitrogens with zero attached hydrogens (tertiary/aromatic N) is 1. The Morgan fingerprint density at radius 2 is 2.45 bits per heavy atom. The minimum atomic E-state index is -1.07. The lowest BCUT2D eigenvalue weighted by Gasteiger charge is -1.84. The molecule has 0 amide bonds. The van der Waals surface area contributed by atoms with Crippen molar-refractivity contribution in [2.75, 3.05) is 6.61 Å². The highest BCUT2D eigenvalue weighted by Crippen LogP contribution is 1.68. The molecule has 0 radical (unpaired) electrons. The first kappa shape index (κ1) is 12.2. The highest BCUT2D eigenvalue weighted by molar-refractivity contribution is 5.69. The van der Waals surface area contributed by atoms with Crippen molar-refractivity contribution >= 4 is 5.97 Å². The fourth-order valence-electron chi connectivity index (χ4n) is 0.185. The number of nitriles is 1. The van der Waals surface area contributed by atoms with Crippen LogP contribution in [0.5, 0.6) is 0 Å². The average Bonchev–Trinajstić information content (AvgIpc) is 1.90. The minimum Gasteiger partial charge on any atom is -0.502 e. The highest BCUT2D eigenvalue weighted by Gasteiger charge is 1.87. The fraction of sp³-hybridized carbons (Fsp3) is 0.429. The van der Waals surface area contributed by atoms with Crippen molar-refractivity contribution in [2.24, 2.45) is 0 Å². The van der Waals surface area contributed by atoms with Gasteiger partial charge in [-0.3, -0.25) is 4.79 Å². The largest absolute Gasteiger partial charge is 0.502 e. The van der Waals surface area contributed by atoms with Gasteiger partial charge in [0.1, 0.15) is 6.42 Å². The van der Waals surface area contributed by atoms with E-state index < -0.39 is 12.4 Å². The maximum absolute atomic E-state index is 9.38. The van der Waals surface area contributed by atoms with Crippen molar-refractivity contribution in [1.29, 1.82) is 5.26 Å². The molecule has 0 saturated carbocycles. The van der Waals surface area contributed by atoms with Gasteiger partial charge in [0.25, 0.3) is 0 Å². The molecule has 0 fully saturated rings. The summed E-state index contributed by atoms with van der Waals surface area (Å²) in [5, 5.41) is 15.3. The minimum absolute atomic E-state index is 0.403. The van der Waals surface area contributed by atoms with Gasteiger partial charge >= 0.3 is 5.97 Å². The summed E-state index contributed by atoms with van der Waals surface area (Å²) in [5.41, 5.74) is 0. The zero-order chi connectivity index (χ0) is 9.11. The van der Waals surface area contributed by atoms with Gasteiger partial charge in [0.2, 0.25) is 0 Å². The van der Waals surface area contributed by atoms with Crippen LogP contribution >= 0.6 is 0 Å². The van der Waals surface area contributed by atoms with Crippen LogP contribution in [0.25, 0.3) is 0 Å². The second-order valence-electron chi connectivity index (χ2n) is 1.35. The van der Waals surface area contributed by atoms with E-state index >= 15 is 0 Å². The Morgan fingerprint density at radius 3 is 2.45 bits per heavy atom. The summed E-state index contributed by atoms with van der Waals surface area (Å²) in [6.45, 7) is 5.97. The molecular formula is C7H11NO3. The van der Waals surface area contributed by atoms with Crippen molar-refractivity contribution < 1.29 is 14.6 Å². The number of carbonyl (C=O) groups is 1. The van der Waals surface area contributed by atoms with E-state index in [0.29, 0.717) is 0 Å². The summed E-state index contributed by atoms with van der Waals surface area (Å²) < 4.78 is 4.60. The molecular weight excluding hydrogens is 146 g/mol.